The zero-order chi connectivity index (χ0) is 71.3. The van der Waals surface area contributed by atoms with Crippen molar-refractivity contribution in [1.82, 2.24) is 0 Å². The van der Waals surface area contributed by atoms with E-state index in [0.717, 1.165) is 67.1 Å². The summed E-state index contributed by atoms with van der Waals surface area (Å²) in [4.78, 5) is 83.2. The van der Waals surface area contributed by atoms with Crippen LogP contribution in [-0.2, 0) is 36.7 Å². The lowest BCUT2D eigenvalue weighted by Crippen LogP contribution is -2.15. The number of aryl methyl sites for hydroxylation is 4. The Labute approximate surface area is 574 Å². The third-order valence-corrected chi connectivity index (χ3v) is 14.3. The number of azo groups is 2. The minimum atomic E-state index is -0.549. The Morgan fingerprint density at radius 1 is 0.439 bits per heavy atom. The van der Waals surface area contributed by atoms with Gasteiger partial charge in [0.1, 0.15) is 40.3 Å². The second-order valence-electron chi connectivity index (χ2n) is 22.4. The number of ketones is 1. The lowest BCUT2D eigenvalue weighted by atomic mass is 10.1. The average Bonchev–Trinajstić information content (AvgIpc) is 0.884. The summed E-state index contributed by atoms with van der Waals surface area (Å²) in [6.07, 6.45) is 8.93. The van der Waals surface area contributed by atoms with E-state index in [4.69, 9.17) is 39.3 Å². The number of esters is 6. The van der Waals surface area contributed by atoms with E-state index in [0.29, 0.717) is 102 Å². The zero-order valence-corrected chi connectivity index (χ0v) is 56.5. The summed E-state index contributed by atoms with van der Waals surface area (Å²) in [5.74, 6) is -0.346. The van der Waals surface area contributed by atoms with Crippen LogP contribution in [0.25, 0.3) is 0 Å². The Kier molecular flexibility index (Phi) is 31.0. The van der Waals surface area contributed by atoms with Gasteiger partial charge in [-0.3, -0.25) is 4.79 Å². The standard InChI is InChI=1S/C39H42N2O7.C37H36N2O7.C3H6O/c1-5-9-29-10-16-32(17-11-29)40-41-33-18-23-36(28(4)26-33)48-39(44)31-14-21-35(22-15-31)47-38(43)30-12-19-34(20-13-30)45-24-7-8-25-46-37(42)27(3)6-2;1-4-8-27-9-15-30(16-10-27)38-39-31-17-22-34(26(3)25-31)46-37(42)29-13-20-33(21-14-29)45-36(41)28-11-18-32(19-12-28)43-23-6-7-24-44-35(40)5-2;1-3(2)4/h10-23,26-27H,5-9,24-25H2,1-4H3;5,9-22,25H,2,4,6-8,23-24H2,1,3H3;1-2H3/i;;1D. The Hall–Kier alpha value is -11.2. The van der Waals surface area contributed by atoms with Crippen molar-refractivity contribution in [3.8, 4) is 34.5 Å². The zero-order valence-electron chi connectivity index (χ0n) is 57.5. The van der Waals surface area contributed by atoms with Crippen LogP contribution in [0.5, 0.6) is 34.5 Å². The van der Waals surface area contributed by atoms with Crippen LogP contribution in [0.2, 0.25) is 0 Å². The van der Waals surface area contributed by atoms with Crippen molar-refractivity contribution in [3.05, 3.63) is 239 Å². The molecule has 1 atom stereocenters. The minimum Gasteiger partial charge on any atom is -0.494 e. The summed E-state index contributed by atoms with van der Waals surface area (Å²) in [6, 6.07) is 51.9. The predicted octanol–water partition coefficient (Wildman–Crippen LogP) is 18.8. The molecule has 0 amide bonds. The second-order valence-corrected chi connectivity index (χ2v) is 22.4. The van der Waals surface area contributed by atoms with E-state index in [1.165, 1.54) is 66.6 Å². The number of carbonyl (C=O) groups excluding carboxylic acids is 7. The normalized spacial score (nSPS) is 11.1. The number of ether oxygens (including phenoxy) is 8. The maximum Gasteiger partial charge on any atom is 0.343 e. The number of hydrogen-bond acceptors (Lipinski definition) is 19. The van der Waals surface area contributed by atoms with Crippen molar-refractivity contribution >= 4 is 64.3 Å². The van der Waals surface area contributed by atoms with Gasteiger partial charge in [0.25, 0.3) is 0 Å². The third kappa shape index (κ3) is 26.9. The van der Waals surface area contributed by atoms with Crippen molar-refractivity contribution < 1.29 is 72.8 Å². The van der Waals surface area contributed by atoms with E-state index in [9.17, 15) is 33.6 Å². The number of benzene rings is 8. The SMILES string of the molecule is C=CC(=O)OCCCCOc1ccc(C(=O)Oc2ccc(C(=O)Oc3ccc(N=Nc4ccc(CCC)cc4)cc3C)cc2)cc1.CCCc1ccc(N=Nc2ccc(OC(=O)c3ccc(OC(=O)c4ccc(OCCCCOC(=O)C(C)CC)cc4)cc3)c(C)c2)cc1.[2H]CC(C)=O. The molecule has 0 saturated carbocycles. The molecular weight excluding hydrogens is 1240 g/mol. The van der Waals surface area contributed by atoms with Gasteiger partial charge in [0.15, 0.2) is 0 Å². The van der Waals surface area contributed by atoms with E-state index in [1.54, 1.807) is 84.9 Å². The first-order valence-electron chi connectivity index (χ1n) is 33.1. The molecule has 0 fully saturated rings. The van der Waals surface area contributed by atoms with Gasteiger partial charge in [0.05, 0.1) is 77.3 Å². The topological polar surface area (TPSA) is 243 Å². The third-order valence-electron chi connectivity index (χ3n) is 14.3. The van der Waals surface area contributed by atoms with Gasteiger partial charge in [-0.15, -0.1) is 0 Å². The maximum atomic E-state index is 12.8. The number of nitrogens with zero attached hydrogens (tertiary/aromatic N) is 4. The molecule has 19 nitrogen and oxygen atoms in total. The molecule has 0 saturated heterocycles. The summed E-state index contributed by atoms with van der Waals surface area (Å²) >= 11 is 0. The van der Waals surface area contributed by atoms with Crippen molar-refractivity contribution in [2.24, 2.45) is 26.4 Å². The molecule has 8 aromatic rings. The smallest absolute Gasteiger partial charge is 0.343 e. The van der Waals surface area contributed by atoms with Gasteiger partial charge in [0.2, 0.25) is 0 Å². The highest BCUT2D eigenvalue weighted by molar-refractivity contribution is 5.94. The highest BCUT2D eigenvalue weighted by Gasteiger charge is 2.17. The predicted molar refractivity (Wildman–Crippen MR) is 375 cm³/mol. The maximum absolute atomic E-state index is 12.8. The van der Waals surface area contributed by atoms with Gasteiger partial charge in [-0.2, -0.15) is 20.5 Å². The fourth-order valence-corrected chi connectivity index (χ4v) is 8.73. The molecule has 8 rings (SSSR count). The fourth-order valence-electron chi connectivity index (χ4n) is 8.73. The molecule has 19 heteroatoms. The van der Waals surface area contributed by atoms with Gasteiger partial charge in [0, 0.05) is 7.45 Å². The van der Waals surface area contributed by atoms with Gasteiger partial charge in [-0.05, 0) is 253 Å². The monoisotopic (exact) mass is 1330 g/mol. The molecule has 0 heterocycles. The van der Waals surface area contributed by atoms with Crippen molar-refractivity contribution in [2.75, 3.05) is 26.4 Å². The Morgan fingerprint density at radius 2 is 0.765 bits per heavy atom. The van der Waals surface area contributed by atoms with Crippen LogP contribution in [0.15, 0.2) is 215 Å². The molecule has 0 aliphatic carbocycles. The molecule has 0 bridgehead atoms. The molecule has 0 spiro atoms. The van der Waals surface area contributed by atoms with Crippen molar-refractivity contribution in [1.29, 1.82) is 0 Å². The molecule has 0 aliphatic heterocycles. The number of rotatable bonds is 31. The van der Waals surface area contributed by atoms with Crippen LogP contribution in [0.4, 0.5) is 22.7 Å². The van der Waals surface area contributed by atoms with Crippen LogP contribution in [0.3, 0.4) is 0 Å². The van der Waals surface area contributed by atoms with Crippen LogP contribution in [0.1, 0.15) is 152 Å². The summed E-state index contributed by atoms with van der Waals surface area (Å²) in [7, 11) is 0. The first kappa shape index (κ1) is 74.2. The van der Waals surface area contributed by atoms with Crippen LogP contribution < -0.4 is 28.4 Å². The largest absolute Gasteiger partial charge is 0.494 e. The summed E-state index contributed by atoms with van der Waals surface area (Å²) in [5.41, 5.74) is 8.12. The van der Waals surface area contributed by atoms with E-state index in [2.05, 4.69) is 65.1 Å². The second kappa shape index (κ2) is 40.9. The van der Waals surface area contributed by atoms with Gasteiger partial charge >= 0.3 is 35.8 Å². The van der Waals surface area contributed by atoms with Crippen LogP contribution in [0, 0.1) is 19.8 Å². The highest BCUT2D eigenvalue weighted by Crippen LogP contribution is 2.30. The fraction of sp³-hybridized carbons (Fsp3) is 0.278. The molecule has 1 unspecified atom stereocenters. The van der Waals surface area contributed by atoms with Gasteiger partial charge in [-0.25, -0.2) is 24.0 Å². The molecule has 8 aromatic carbocycles. The number of unbranched alkanes of at least 4 members (excludes halogenated alkanes) is 2. The first-order chi connectivity index (χ1) is 47.9. The molecule has 0 aromatic heterocycles. The first-order valence-corrected chi connectivity index (χ1v) is 32.4. The molecule has 510 valence electrons. The van der Waals surface area contributed by atoms with Crippen molar-refractivity contribution in [3.63, 3.8) is 0 Å². The summed E-state index contributed by atoms with van der Waals surface area (Å²) in [5, 5.41) is 17.2. The number of hydrogen-bond donors (Lipinski definition) is 0. The summed E-state index contributed by atoms with van der Waals surface area (Å²) < 4.78 is 50.0. The highest BCUT2D eigenvalue weighted by atomic mass is 16.6. The van der Waals surface area contributed by atoms with Gasteiger partial charge < -0.3 is 42.7 Å². The van der Waals surface area contributed by atoms with Gasteiger partial charge in [-0.1, -0.05) is 71.4 Å². The van der Waals surface area contributed by atoms with Crippen LogP contribution >= 0.6 is 0 Å². The Bertz CT molecular complexity index is 3990. The van der Waals surface area contributed by atoms with E-state index in [-0.39, 0.29) is 36.1 Å². The number of carbonyl (C=O) groups is 7. The van der Waals surface area contributed by atoms with Crippen molar-refractivity contribution in [2.45, 2.75) is 113 Å². The van der Waals surface area contributed by atoms with E-state index < -0.39 is 29.8 Å². The Morgan fingerprint density at radius 3 is 1.10 bits per heavy atom. The molecule has 0 N–H and O–H groups in total. The quantitative estimate of drug-likeness (QED) is 0.0129. The van der Waals surface area contributed by atoms with E-state index in [1.807, 2.05) is 52.0 Å². The summed E-state index contributed by atoms with van der Waals surface area (Å²) in [6.45, 7) is 18.0. The van der Waals surface area contributed by atoms with Crippen LogP contribution in [-0.4, -0.2) is 68.0 Å². The lowest BCUT2D eigenvalue weighted by Gasteiger charge is -2.10. The van der Waals surface area contributed by atoms with E-state index >= 15 is 0 Å². The molecule has 98 heavy (non-hydrogen) atoms. The number of Topliss-reactive ketones (excluding diaryl/α,β-unsaturated/α-hetero) is 1. The molecule has 0 aliphatic rings. The minimum absolute atomic E-state index is 0.0787. The molecule has 0 radical (unpaired) electrons. The average molecular weight is 1330 g/mol. The molecular formula is C79H84N4O15. The Balaban J connectivity index is 0.000000292. The lowest BCUT2D eigenvalue weighted by molar-refractivity contribution is -0.148.